The Bertz CT molecular complexity index is 996. The second-order valence-corrected chi connectivity index (χ2v) is 7.24. The molecule has 0 unspecified atom stereocenters. The van der Waals surface area contributed by atoms with Gasteiger partial charge in [-0.3, -0.25) is 10.1 Å². The first kappa shape index (κ1) is 20.0. The van der Waals surface area contributed by atoms with Gasteiger partial charge in [0.2, 0.25) is 0 Å². The number of hydrogen-bond acceptors (Lipinski definition) is 4. The Morgan fingerprint density at radius 1 is 1.11 bits per heavy atom. The molecule has 0 spiro atoms. The molecule has 0 atom stereocenters. The van der Waals surface area contributed by atoms with Crippen molar-refractivity contribution < 1.29 is 9.53 Å². The fourth-order valence-electron chi connectivity index (χ4n) is 2.40. The minimum atomic E-state index is -0.323. The van der Waals surface area contributed by atoms with Crippen LogP contribution in [0.25, 0.3) is 0 Å². The topological polar surface area (TPSA) is 63.2 Å². The van der Waals surface area contributed by atoms with E-state index in [4.69, 9.17) is 17.0 Å². The van der Waals surface area contributed by atoms with Crippen LogP contribution in [0, 0.1) is 6.92 Å². The summed E-state index contributed by atoms with van der Waals surface area (Å²) < 4.78 is 6.67. The van der Waals surface area contributed by atoms with Crippen molar-refractivity contribution in [3.8, 4) is 5.75 Å². The maximum absolute atomic E-state index is 12.5. The van der Waals surface area contributed by atoms with Gasteiger partial charge in [0.05, 0.1) is 5.69 Å². The van der Waals surface area contributed by atoms with Crippen LogP contribution in [0.4, 0.5) is 5.82 Å². The van der Waals surface area contributed by atoms with Crippen molar-refractivity contribution in [3.05, 3.63) is 88.0 Å². The first-order chi connectivity index (χ1) is 13.5. The van der Waals surface area contributed by atoms with Crippen molar-refractivity contribution in [2.24, 2.45) is 0 Å². The Balaban J connectivity index is 1.59. The van der Waals surface area contributed by atoms with Crippen LogP contribution < -0.4 is 15.4 Å². The SMILES string of the molecule is Cc1nc(NC(=S)NC(=O)c2cccc(OCc3ccccc3)c2)ccc1Br. The summed E-state index contributed by atoms with van der Waals surface area (Å²) >= 11 is 8.61. The summed E-state index contributed by atoms with van der Waals surface area (Å²) in [4.78, 5) is 16.8. The Morgan fingerprint density at radius 2 is 1.89 bits per heavy atom. The number of ether oxygens (including phenoxy) is 1. The highest BCUT2D eigenvalue weighted by atomic mass is 79.9. The largest absolute Gasteiger partial charge is 0.489 e. The molecule has 2 N–H and O–H groups in total. The molecule has 1 amide bonds. The van der Waals surface area contributed by atoms with Gasteiger partial charge in [0.25, 0.3) is 5.91 Å². The van der Waals surface area contributed by atoms with Crippen LogP contribution in [0.1, 0.15) is 21.6 Å². The standard InChI is InChI=1S/C21H18BrN3O2S/c1-14-18(22)10-11-19(23-14)24-21(28)25-20(26)16-8-5-9-17(12-16)27-13-15-6-3-2-4-7-15/h2-12H,13H2,1H3,(H2,23,24,25,26,28). The van der Waals surface area contributed by atoms with Crippen LogP contribution in [0.3, 0.4) is 0 Å². The van der Waals surface area contributed by atoms with Gasteiger partial charge in [0, 0.05) is 10.0 Å². The van der Waals surface area contributed by atoms with E-state index in [2.05, 4.69) is 31.5 Å². The van der Waals surface area contributed by atoms with Gasteiger partial charge in [-0.1, -0.05) is 36.4 Å². The predicted molar refractivity (Wildman–Crippen MR) is 118 cm³/mol. The zero-order valence-corrected chi connectivity index (χ0v) is 17.5. The Labute approximate surface area is 177 Å². The van der Waals surface area contributed by atoms with Gasteiger partial charge in [-0.05, 0) is 71.0 Å². The first-order valence-electron chi connectivity index (χ1n) is 8.53. The fourth-order valence-corrected chi connectivity index (χ4v) is 2.82. The normalized spacial score (nSPS) is 10.2. The van der Waals surface area contributed by atoms with Crippen molar-refractivity contribution in [2.45, 2.75) is 13.5 Å². The van der Waals surface area contributed by atoms with Gasteiger partial charge in [-0.2, -0.15) is 0 Å². The monoisotopic (exact) mass is 455 g/mol. The third kappa shape index (κ3) is 5.61. The van der Waals surface area contributed by atoms with Gasteiger partial charge in [0.15, 0.2) is 5.11 Å². The van der Waals surface area contributed by atoms with E-state index < -0.39 is 0 Å². The number of hydrogen-bond donors (Lipinski definition) is 2. The Kier molecular flexibility index (Phi) is 6.73. The summed E-state index contributed by atoms with van der Waals surface area (Å²) in [7, 11) is 0. The minimum Gasteiger partial charge on any atom is -0.489 e. The molecule has 1 heterocycles. The van der Waals surface area contributed by atoms with Crippen LogP contribution in [0.15, 0.2) is 71.2 Å². The van der Waals surface area contributed by atoms with E-state index in [9.17, 15) is 4.79 Å². The molecule has 3 aromatic rings. The summed E-state index contributed by atoms with van der Waals surface area (Å²) in [5.74, 6) is 0.850. The molecule has 7 heteroatoms. The summed E-state index contributed by atoms with van der Waals surface area (Å²) in [5, 5.41) is 5.74. The summed E-state index contributed by atoms with van der Waals surface area (Å²) in [6.45, 7) is 2.30. The summed E-state index contributed by atoms with van der Waals surface area (Å²) in [5.41, 5.74) is 2.33. The number of nitrogens with zero attached hydrogens (tertiary/aromatic N) is 1. The molecule has 0 aliphatic rings. The molecule has 0 bridgehead atoms. The predicted octanol–water partition coefficient (Wildman–Crippen LogP) is 4.86. The minimum absolute atomic E-state index is 0.176. The summed E-state index contributed by atoms with van der Waals surface area (Å²) in [6.07, 6.45) is 0. The van der Waals surface area contributed by atoms with Gasteiger partial charge in [0.1, 0.15) is 18.2 Å². The molecule has 2 aromatic carbocycles. The third-order valence-corrected chi connectivity index (χ3v) is 4.88. The number of benzene rings is 2. The lowest BCUT2D eigenvalue weighted by Crippen LogP contribution is -2.34. The van der Waals surface area contributed by atoms with E-state index >= 15 is 0 Å². The molecule has 5 nitrogen and oxygen atoms in total. The molecule has 0 fully saturated rings. The zero-order chi connectivity index (χ0) is 19.9. The maximum atomic E-state index is 12.5. The van der Waals surface area contributed by atoms with Crippen molar-refractivity contribution in [1.29, 1.82) is 0 Å². The molecule has 0 saturated carbocycles. The quantitative estimate of drug-likeness (QED) is 0.537. The van der Waals surface area contributed by atoms with Crippen LogP contribution >= 0.6 is 28.1 Å². The highest BCUT2D eigenvalue weighted by molar-refractivity contribution is 9.10. The van der Waals surface area contributed by atoms with Crippen molar-refractivity contribution in [1.82, 2.24) is 10.3 Å². The lowest BCUT2D eigenvalue weighted by atomic mass is 10.2. The molecule has 0 aliphatic carbocycles. The number of pyridine rings is 1. The number of halogens is 1. The zero-order valence-electron chi connectivity index (χ0n) is 15.1. The number of anilines is 1. The first-order valence-corrected chi connectivity index (χ1v) is 9.73. The van der Waals surface area contributed by atoms with E-state index in [1.807, 2.05) is 49.4 Å². The lowest BCUT2D eigenvalue weighted by Gasteiger charge is -2.11. The molecule has 28 heavy (non-hydrogen) atoms. The number of aromatic nitrogens is 1. The molecule has 1 aromatic heterocycles. The number of rotatable bonds is 5. The lowest BCUT2D eigenvalue weighted by molar-refractivity contribution is 0.0977. The maximum Gasteiger partial charge on any atom is 0.257 e. The van der Waals surface area contributed by atoms with E-state index in [1.54, 1.807) is 24.3 Å². The second-order valence-electron chi connectivity index (χ2n) is 5.97. The fraction of sp³-hybridized carbons (Fsp3) is 0.0952. The highest BCUT2D eigenvalue weighted by Crippen LogP contribution is 2.17. The molecular formula is C21H18BrN3O2S. The Morgan fingerprint density at radius 3 is 2.64 bits per heavy atom. The van der Waals surface area contributed by atoms with Gasteiger partial charge in [-0.15, -0.1) is 0 Å². The molecule has 0 radical (unpaired) electrons. The third-order valence-electron chi connectivity index (χ3n) is 3.83. The molecule has 0 saturated heterocycles. The number of nitrogens with one attached hydrogen (secondary N) is 2. The number of aryl methyl sites for hydroxylation is 1. The molecule has 3 rings (SSSR count). The Hall–Kier alpha value is -2.77. The van der Waals surface area contributed by atoms with Gasteiger partial charge < -0.3 is 10.1 Å². The average Bonchev–Trinajstić information content (AvgIpc) is 2.70. The van der Waals surface area contributed by atoms with Gasteiger partial charge >= 0.3 is 0 Å². The van der Waals surface area contributed by atoms with Crippen LogP contribution in [-0.4, -0.2) is 16.0 Å². The highest BCUT2D eigenvalue weighted by Gasteiger charge is 2.10. The number of amides is 1. The van der Waals surface area contributed by atoms with Crippen molar-refractivity contribution >= 4 is 45.0 Å². The van der Waals surface area contributed by atoms with Crippen LogP contribution in [-0.2, 0) is 6.61 Å². The van der Waals surface area contributed by atoms with Crippen LogP contribution in [0.5, 0.6) is 5.75 Å². The smallest absolute Gasteiger partial charge is 0.257 e. The van der Waals surface area contributed by atoms with Gasteiger partial charge in [-0.25, -0.2) is 4.98 Å². The number of carbonyl (C=O) groups is 1. The number of thiocarbonyl (C=S) groups is 1. The van der Waals surface area contributed by atoms with E-state index in [0.717, 1.165) is 15.7 Å². The molecule has 0 aliphatic heterocycles. The van der Waals surface area contributed by atoms with E-state index in [-0.39, 0.29) is 11.0 Å². The molecular weight excluding hydrogens is 438 g/mol. The van der Waals surface area contributed by atoms with Crippen LogP contribution in [0.2, 0.25) is 0 Å². The van der Waals surface area contributed by atoms with E-state index in [1.165, 1.54) is 0 Å². The average molecular weight is 456 g/mol. The number of carbonyl (C=O) groups excluding carboxylic acids is 1. The second kappa shape index (κ2) is 9.43. The summed E-state index contributed by atoms with van der Waals surface area (Å²) in [6, 6.07) is 20.4. The van der Waals surface area contributed by atoms with Crippen molar-refractivity contribution in [3.63, 3.8) is 0 Å². The van der Waals surface area contributed by atoms with E-state index in [0.29, 0.717) is 23.7 Å². The van der Waals surface area contributed by atoms with Crippen molar-refractivity contribution in [2.75, 3.05) is 5.32 Å². The molecule has 142 valence electrons.